The lowest BCUT2D eigenvalue weighted by Gasteiger charge is -2.45. The molecule has 2 atom stereocenters. The average molecular weight is 369 g/mol. The van der Waals surface area contributed by atoms with E-state index < -0.39 is 0 Å². The van der Waals surface area contributed by atoms with Crippen molar-refractivity contribution in [2.24, 2.45) is 17.6 Å². The summed E-state index contributed by atoms with van der Waals surface area (Å²) < 4.78 is 0. The summed E-state index contributed by atoms with van der Waals surface area (Å²) in [6.45, 7) is 0.282. The normalized spacial score (nSPS) is 30.5. The molecular weight excluding hydrogens is 342 g/mol. The van der Waals surface area contributed by atoms with Gasteiger partial charge in [-0.15, -0.1) is 0 Å². The van der Waals surface area contributed by atoms with Gasteiger partial charge in [-0.25, -0.2) is 0 Å². The number of hydrogen-bond acceptors (Lipinski definition) is 4. The zero-order valence-electron chi connectivity index (χ0n) is 15.5. The van der Waals surface area contributed by atoms with Crippen LogP contribution in [0.3, 0.4) is 0 Å². The molecule has 3 amide bonds. The Balaban J connectivity index is 1.39. The van der Waals surface area contributed by atoms with Gasteiger partial charge in [0.1, 0.15) is 0 Å². The molecule has 1 aliphatic heterocycles. The summed E-state index contributed by atoms with van der Waals surface area (Å²) in [5.41, 5.74) is 7.64. The van der Waals surface area contributed by atoms with Gasteiger partial charge in [-0.3, -0.25) is 19.3 Å². The van der Waals surface area contributed by atoms with Crippen molar-refractivity contribution in [3.05, 3.63) is 35.4 Å². The topological polar surface area (TPSA) is 92.5 Å². The van der Waals surface area contributed by atoms with Crippen molar-refractivity contribution in [3.63, 3.8) is 0 Å². The second-order valence-corrected chi connectivity index (χ2v) is 8.25. The van der Waals surface area contributed by atoms with Crippen LogP contribution < -0.4 is 11.1 Å². The van der Waals surface area contributed by atoms with E-state index in [1.165, 1.54) is 11.3 Å². The molecule has 0 spiro atoms. The smallest absolute Gasteiger partial charge is 0.251 e. The van der Waals surface area contributed by atoms with Crippen molar-refractivity contribution in [1.29, 1.82) is 0 Å². The van der Waals surface area contributed by atoms with Gasteiger partial charge >= 0.3 is 0 Å². The SMILES string of the molecule is NC1CC2CCCC(C1)C2NC(=O)c1ccc(CN2C(=O)CCC2=O)cc1. The molecule has 3 fully saturated rings. The monoisotopic (exact) mass is 369 g/mol. The van der Waals surface area contributed by atoms with E-state index in [1.54, 1.807) is 12.1 Å². The number of nitrogens with one attached hydrogen (secondary N) is 1. The van der Waals surface area contributed by atoms with E-state index in [-0.39, 0.29) is 36.3 Å². The summed E-state index contributed by atoms with van der Waals surface area (Å²) in [4.78, 5) is 37.5. The first-order valence-corrected chi connectivity index (χ1v) is 10.00. The molecule has 3 N–H and O–H groups in total. The van der Waals surface area contributed by atoms with Gasteiger partial charge in [-0.05, 0) is 55.2 Å². The lowest BCUT2D eigenvalue weighted by atomic mass is 9.67. The fourth-order valence-electron chi connectivity index (χ4n) is 5.00. The van der Waals surface area contributed by atoms with Crippen molar-refractivity contribution in [1.82, 2.24) is 10.2 Å². The maximum Gasteiger partial charge on any atom is 0.251 e. The third-order valence-corrected chi connectivity index (χ3v) is 6.39. The number of hydrogen-bond donors (Lipinski definition) is 2. The molecule has 6 heteroatoms. The zero-order valence-corrected chi connectivity index (χ0v) is 15.5. The molecule has 144 valence electrons. The van der Waals surface area contributed by atoms with E-state index >= 15 is 0 Å². The fourth-order valence-corrected chi connectivity index (χ4v) is 5.00. The Bertz CT molecular complexity index is 716. The van der Waals surface area contributed by atoms with Crippen LogP contribution in [0.4, 0.5) is 0 Å². The summed E-state index contributed by atoms with van der Waals surface area (Å²) >= 11 is 0. The number of likely N-dealkylation sites (tertiary alicyclic amines) is 1. The molecule has 1 heterocycles. The number of carbonyl (C=O) groups excluding carboxylic acids is 3. The number of amides is 3. The van der Waals surface area contributed by atoms with Gasteiger partial charge in [0.2, 0.25) is 11.8 Å². The number of rotatable bonds is 4. The molecule has 0 radical (unpaired) electrons. The Hall–Kier alpha value is -2.21. The third kappa shape index (κ3) is 3.76. The number of benzene rings is 1. The van der Waals surface area contributed by atoms with E-state index in [4.69, 9.17) is 5.73 Å². The van der Waals surface area contributed by atoms with Crippen molar-refractivity contribution < 1.29 is 14.4 Å². The molecule has 2 bridgehead atoms. The molecule has 1 aromatic rings. The minimum Gasteiger partial charge on any atom is -0.349 e. The van der Waals surface area contributed by atoms with Crippen LogP contribution in [0.15, 0.2) is 24.3 Å². The Labute approximate surface area is 159 Å². The van der Waals surface area contributed by atoms with Gasteiger partial charge in [0.05, 0.1) is 6.54 Å². The highest BCUT2D eigenvalue weighted by Gasteiger charge is 2.40. The molecule has 4 rings (SSSR count). The highest BCUT2D eigenvalue weighted by atomic mass is 16.2. The first kappa shape index (κ1) is 18.2. The van der Waals surface area contributed by atoms with Crippen LogP contribution in [0, 0.1) is 11.8 Å². The molecule has 0 aromatic heterocycles. The molecule has 2 saturated carbocycles. The van der Waals surface area contributed by atoms with E-state index in [0.717, 1.165) is 31.2 Å². The Kier molecular flexibility index (Phi) is 5.00. The minimum atomic E-state index is -0.121. The van der Waals surface area contributed by atoms with Gasteiger partial charge in [0, 0.05) is 30.5 Å². The van der Waals surface area contributed by atoms with Crippen LogP contribution in [0.2, 0.25) is 0 Å². The van der Waals surface area contributed by atoms with E-state index in [0.29, 0.717) is 30.2 Å². The van der Waals surface area contributed by atoms with Crippen LogP contribution in [-0.4, -0.2) is 34.7 Å². The van der Waals surface area contributed by atoms with Gasteiger partial charge < -0.3 is 11.1 Å². The minimum absolute atomic E-state index is 0.0488. The molecule has 6 nitrogen and oxygen atoms in total. The summed E-state index contributed by atoms with van der Waals surface area (Å²) in [7, 11) is 0. The Morgan fingerprint density at radius 3 is 2.22 bits per heavy atom. The first-order valence-electron chi connectivity index (χ1n) is 10.00. The van der Waals surface area contributed by atoms with Crippen molar-refractivity contribution >= 4 is 17.7 Å². The highest BCUT2D eigenvalue weighted by molar-refractivity contribution is 6.01. The quantitative estimate of drug-likeness (QED) is 0.794. The largest absolute Gasteiger partial charge is 0.349 e. The van der Waals surface area contributed by atoms with Crippen LogP contribution in [0.25, 0.3) is 0 Å². The number of imide groups is 1. The number of nitrogens with two attached hydrogens (primary N) is 1. The Morgan fingerprint density at radius 2 is 1.63 bits per heavy atom. The zero-order chi connectivity index (χ0) is 19.0. The summed E-state index contributed by atoms with van der Waals surface area (Å²) in [5, 5.41) is 3.25. The van der Waals surface area contributed by atoms with Crippen molar-refractivity contribution in [3.8, 4) is 0 Å². The van der Waals surface area contributed by atoms with Crippen LogP contribution in [-0.2, 0) is 16.1 Å². The standard InChI is InChI=1S/C21H27N3O3/c22-17-10-15-2-1-3-16(11-17)20(15)23-21(27)14-6-4-13(5-7-14)12-24-18(25)8-9-19(24)26/h4-7,15-17,20H,1-3,8-12,22H2,(H,23,27). The van der Waals surface area contributed by atoms with E-state index in [2.05, 4.69) is 5.32 Å². The van der Waals surface area contributed by atoms with Gasteiger partial charge in [0.15, 0.2) is 0 Å². The number of fused-ring (bicyclic) bond motifs is 2. The fraction of sp³-hybridized carbons (Fsp3) is 0.571. The van der Waals surface area contributed by atoms with Gasteiger partial charge in [0.25, 0.3) is 5.91 Å². The number of carbonyl (C=O) groups is 3. The average Bonchev–Trinajstić information content (AvgIpc) is 2.95. The van der Waals surface area contributed by atoms with Crippen LogP contribution >= 0.6 is 0 Å². The number of nitrogens with zero attached hydrogens (tertiary/aromatic N) is 1. The maximum atomic E-state index is 12.7. The summed E-state index contributed by atoms with van der Waals surface area (Å²) in [5.74, 6) is 0.686. The summed E-state index contributed by atoms with van der Waals surface area (Å²) in [6, 6.07) is 7.70. The summed E-state index contributed by atoms with van der Waals surface area (Å²) in [6.07, 6.45) is 6.12. The first-order chi connectivity index (χ1) is 13.0. The molecule has 2 aliphatic carbocycles. The van der Waals surface area contributed by atoms with Gasteiger partial charge in [-0.1, -0.05) is 18.6 Å². The Morgan fingerprint density at radius 1 is 1.04 bits per heavy atom. The maximum absolute atomic E-state index is 12.7. The van der Waals surface area contributed by atoms with Crippen LogP contribution in [0.1, 0.15) is 60.9 Å². The van der Waals surface area contributed by atoms with E-state index in [9.17, 15) is 14.4 Å². The van der Waals surface area contributed by atoms with Crippen LogP contribution in [0.5, 0.6) is 0 Å². The van der Waals surface area contributed by atoms with Gasteiger partial charge in [-0.2, -0.15) is 0 Å². The van der Waals surface area contributed by atoms with E-state index in [1.807, 2.05) is 12.1 Å². The highest BCUT2D eigenvalue weighted by Crippen LogP contribution is 2.39. The predicted molar refractivity (Wildman–Crippen MR) is 101 cm³/mol. The molecule has 27 heavy (non-hydrogen) atoms. The van der Waals surface area contributed by atoms with Crippen molar-refractivity contribution in [2.45, 2.75) is 63.6 Å². The molecule has 2 unspecified atom stereocenters. The second-order valence-electron chi connectivity index (χ2n) is 8.25. The van der Waals surface area contributed by atoms with Crippen molar-refractivity contribution in [2.75, 3.05) is 0 Å². The third-order valence-electron chi connectivity index (χ3n) is 6.39. The molecule has 1 saturated heterocycles. The molecule has 3 aliphatic rings. The lowest BCUT2D eigenvalue weighted by molar-refractivity contribution is -0.139. The lowest BCUT2D eigenvalue weighted by Crippen LogP contribution is -2.53. The molecule has 1 aromatic carbocycles. The second kappa shape index (κ2) is 7.43. The predicted octanol–water partition coefficient (Wildman–Crippen LogP) is 1.97. The molecular formula is C21H27N3O3.